The van der Waals surface area contributed by atoms with Gasteiger partial charge in [-0.15, -0.1) is 0 Å². The van der Waals surface area contributed by atoms with Gasteiger partial charge in [-0.2, -0.15) is 13.2 Å². The van der Waals surface area contributed by atoms with Crippen molar-refractivity contribution in [1.29, 1.82) is 5.26 Å². The molecule has 0 amide bonds. The van der Waals surface area contributed by atoms with Gasteiger partial charge in [0.05, 0.1) is 12.6 Å². The van der Waals surface area contributed by atoms with Crippen LogP contribution in [0.4, 0.5) is 18.9 Å². The molecule has 0 aliphatic carbocycles. The molecule has 25 heavy (non-hydrogen) atoms. The lowest BCUT2D eigenvalue weighted by atomic mass is 10.1. The summed E-state index contributed by atoms with van der Waals surface area (Å²) in [4.78, 5) is 4.82. The second-order valence-corrected chi connectivity index (χ2v) is 5.25. The number of nitriles is 1. The van der Waals surface area contributed by atoms with E-state index in [9.17, 15) is 13.2 Å². The average molecular weight is 345 g/mol. The highest BCUT2D eigenvalue weighted by molar-refractivity contribution is 5.56. The SMILES string of the molecule is [C-]#[N+]C(C#N)=CC=CC=Cc1ccc(N(C)CCCC(F)(F)F)cc1. The van der Waals surface area contributed by atoms with E-state index < -0.39 is 12.6 Å². The monoisotopic (exact) mass is 345 g/mol. The molecule has 1 aromatic rings. The van der Waals surface area contributed by atoms with Crippen LogP contribution in [0.2, 0.25) is 0 Å². The summed E-state index contributed by atoms with van der Waals surface area (Å²) >= 11 is 0. The average Bonchev–Trinajstić information content (AvgIpc) is 2.57. The second kappa shape index (κ2) is 10.00. The van der Waals surface area contributed by atoms with Crippen LogP contribution in [-0.2, 0) is 0 Å². The van der Waals surface area contributed by atoms with Crippen LogP contribution in [-0.4, -0.2) is 19.8 Å². The van der Waals surface area contributed by atoms with Crippen LogP contribution in [0.15, 0.2) is 54.3 Å². The quantitative estimate of drug-likeness (QED) is 0.378. The molecule has 0 unspecified atom stereocenters. The molecule has 1 rings (SSSR count). The molecule has 0 bridgehead atoms. The summed E-state index contributed by atoms with van der Waals surface area (Å²) in [6, 6.07) is 9.21. The van der Waals surface area contributed by atoms with Crippen molar-refractivity contribution < 1.29 is 13.2 Å². The maximum Gasteiger partial charge on any atom is 0.389 e. The summed E-state index contributed by atoms with van der Waals surface area (Å²) in [5.74, 6) is 0. The van der Waals surface area contributed by atoms with Crippen LogP contribution < -0.4 is 4.90 Å². The molecular formula is C19H18F3N3. The summed E-state index contributed by atoms with van der Waals surface area (Å²) in [6.07, 6.45) is 3.54. The van der Waals surface area contributed by atoms with Gasteiger partial charge in [0, 0.05) is 25.7 Å². The van der Waals surface area contributed by atoms with Crippen molar-refractivity contribution in [2.75, 3.05) is 18.5 Å². The zero-order chi connectivity index (χ0) is 18.7. The van der Waals surface area contributed by atoms with E-state index >= 15 is 0 Å². The Labute approximate surface area is 145 Å². The molecule has 0 atom stereocenters. The Balaban J connectivity index is 2.55. The summed E-state index contributed by atoms with van der Waals surface area (Å²) in [6.45, 7) is 7.06. The fourth-order valence-electron chi connectivity index (χ4n) is 1.96. The van der Waals surface area contributed by atoms with E-state index in [0.29, 0.717) is 6.54 Å². The standard InChI is InChI=1S/C19H18F3N3/c1-24-17(15-23)8-5-3-4-7-16-9-11-18(12-10-16)25(2)14-6-13-19(20,21)22/h3-5,7-12H,6,13-14H2,2H3. The molecule has 0 spiro atoms. The van der Waals surface area contributed by atoms with Gasteiger partial charge in [-0.05, 0) is 30.2 Å². The van der Waals surface area contributed by atoms with Gasteiger partial charge >= 0.3 is 6.18 Å². The Morgan fingerprint density at radius 3 is 2.48 bits per heavy atom. The summed E-state index contributed by atoms with van der Waals surface area (Å²) in [5.41, 5.74) is 1.81. The molecule has 0 fully saturated rings. The summed E-state index contributed by atoms with van der Waals surface area (Å²) < 4.78 is 36.5. The van der Waals surface area contributed by atoms with Gasteiger partial charge in [-0.25, -0.2) is 10.1 Å². The van der Waals surface area contributed by atoms with Gasteiger partial charge in [0.15, 0.2) is 0 Å². The van der Waals surface area contributed by atoms with E-state index in [1.54, 1.807) is 36.2 Å². The molecule has 0 N–H and O–H groups in total. The highest BCUT2D eigenvalue weighted by Crippen LogP contribution is 2.22. The highest BCUT2D eigenvalue weighted by atomic mass is 19.4. The highest BCUT2D eigenvalue weighted by Gasteiger charge is 2.26. The van der Waals surface area contributed by atoms with E-state index in [4.69, 9.17) is 11.8 Å². The van der Waals surface area contributed by atoms with Crippen molar-refractivity contribution in [2.45, 2.75) is 19.0 Å². The molecule has 0 saturated heterocycles. The first-order chi connectivity index (χ1) is 11.9. The molecule has 6 heteroatoms. The Kier molecular flexibility index (Phi) is 8.02. The maximum absolute atomic E-state index is 12.2. The first kappa shape index (κ1) is 20.1. The molecule has 130 valence electrons. The second-order valence-electron chi connectivity index (χ2n) is 5.25. The Morgan fingerprint density at radius 2 is 1.92 bits per heavy atom. The fourth-order valence-corrected chi connectivity index (χ4v) is 1.96. The molecule has 0 aliphatic rings. The number of halogens is 3. The third-order valence-electron chi connectivity index (χ3n) is 3.29. The number of hydrogen-bond donors (Lipinski definition) is 0. The number of anilines is 1. The van der Waals surface area contributed by atoms with Crippen molar-refractivity contribution in [3.05, 3.63) is 71.2 Å². The minimum absolute atomic E-state index is 0.0163. The third kappa shape index (κ3) is 8.43. The maximum atomic E-state index is 12.2. The molecule has 0 aromatic heterocycles. The van der Waals surface area contributed by atoms with Gasteiger partial charge in [-0.1, -0.05) is 36.4 Å². The first-order valence-corrected chi connectivity index (χ1v) is 7.56. The van der Waals surface area contributed by atoms with Crippen LogP contribution in [0.25, 0.3) is 10.9 Å². The first-order valence-electron chi connectivity index (χ1n) is 7.56. The van der Waals surface area contributed by atoms with Gasteiger partial charge in [0.1, 0.15) is 0 Å². The van der Waals surface area contributed by atoms with Crippen molar-refractivity contribution in [3.8, 4) is 6.07 Å². The van der Waals surface area contributed by atoms with Crippen molar-refractivity contribution in [1.82, 2.24) is 0 Å². The van der Waals surface area contributed by atoms with Crippen molar-refractivity contribution in [2.24, 2.45) is 0 Å². The van der Waals surface area contributed by atoms with E-state index in [-0.39, 0.29) is 12.1 Å². The smallest absolute Gasteiger partial charge is 0.375 e. The van der Waals surface area contributed by atoms with Gasteiger partial charge in [0.25, 0.3) is 5.70 Å². The number of rotatable bonds is 7. The number of nitrogens with zero attached hydrogens (tertiary/aromatic N) is 3. The molecule has 0 heterocycles. The van der Waals surface area contributed by atoms with Crippen LogP contribution in [0.3, 0.4) is 0 Å². The van der Waals surface area contributed by atoms with E-state index in [2.05, 4.69) is 4.85 Å². The third-order valence-corrected chi connectivity index (χ3v) is 3.29. The Hall–Kier alpha value is -2.99. The van der Waals surface area contributed by atoms with Crippen molar-refractivity contribution >= 4 is 11.8 Å². The number of benzene rings is 1. The molecule has 0 saturated carbocycles. The van der Waals surface area contributed by atoms with Crippen LogP contribution in [0, 0.1) is 17.9 Å². The predicted molar refractivity (Wildman–Crippen MR) is 93.5 cm³/mol. The lowest BCUT2D eigenvalue weighted by Gasteiger charge is -2.19. The minimum atomic E-state index is -4.11. The van der Waals surface area contributed by atoms with E-state index in [1.807, 2.05) is 30.3 Å². The van der Waals surface area contributed by atoms with Gasteiger partial charge in [0.2, 0.25) is 0 Å². The summed E-state index contributed by atoms with van der Waals surface area (Å²) in [5, 5.41) is 8.58. The molecule has 1 aromatic carbocycles. The van der Waals surface area contributed by atoms with Gasteiger partial charge < -0.3 is 4.90 Å². The predicted octanol–water partition coefficient (Wildman–Crippen LogP) is 5.36. The Bertz CT molecular complexity index is 698. The van der Waals surface area contributed by atoms with Gasteiger partial charge in [-0.3, -0.25) is 0 Å². The van der Waals surface area contributed by atoms with Crippen LogP contribution in [0.5, 0.6) is 0 Å². The zero-order valence-electron chi connectivity index (χ0n) is 13.8. The topological polar surface area (TPSA) is 31.4 Å². The Morgan fingerprint density at radius 1 is 1.24 bits per heavy atom. The van der Waals surface area contributed by atoms with E-state index in [1.165, 1.54) is 6.08 Å². The van der Waals surface area contributed by atoms with E-state index in [0.717, 1.165) is 11.3 Å². The number of allylic oxidation sites excluding steroid dienone is 5. The molecule has 0 radical (unpaired) electrons. The summed E-state index contributed by atoms with van der Waals surface area (Å²) in [7, 11) is 1.76. The number of alkyl halides is 3. The lowest BCUT2D eigenvalue weighted by molar-refractivity contribution is -0.135. The molecule has 0 aliphatic heterocycles. The van der Waals surface area contributed by atoms with Crippen LogP contribution in [0.1, 0.15) is 18.4 Å². The van der Waals surface area contributed by atoms with Crippen molar-refractivity contribution in [3.63, 3.8) is 0 Å². The normalized spacial score (nSPS) is 12.3. The zero-order valence-corrected chi connectivity index (χ0v) is 13.8. The molecular weight excluding hydrogens is 327 g/mol. The number of hydrogen-bond acceptors (Lipinski definition) is 2. The fraction of sp³-hybridized carbons (Fsp3) is 0.263. The molecule has 3 nitrogen and oxygen atoms in total. The largest absolute Gasteiger partial charge is 0.389 e. The van der Waals surface area contributed by atoms with Crippen LogP contribution >= 0.6 is 0 Å². The minimum Gasteiger partial charge on any atom is -0.375 e. The lowest BCUT2D eigenvalue weighted by Crippen LogP contribution is -2.20.